The maximum Gasteiger partial charge on any atom is 0.337 e. The third kappa shape index (κ3) is 6.05. The van der Waals surface area contributed by atoms with Crippen molar-refractivity contribution in [3.8, 4) is 5.88 Å². The molecule has 0 bridgehead atoms. The molecule has 0 radical (unpaired) electrons. The molecular formula is C29H30N4O4. The van der Waals surface area contributed by atoms with Gasteiger partial charge in [-0.15, -0.1) is 0 Å². The first-order valence-corrected chi connectivity index (χ1v) is 12.0. The van der Waals surface area contributed by atoms with Gasteiger partial charge in [0.2, 0.25) is 0 Å². The SMILES string of the molecule is COC(=O)c1ccc2c(C(=Nc3cccc(C(=O)NCCCN(C)C)c3)c3ccccc3)c(O)[nH]c2c1. The number of methoxy groups -OCH3 is 1. The highest BCUT2D eigenvalue weighted by atomic mass is 16.5. The van der Waals surface area contributed by atoms with Gasteiger partial charge in [-0.3, -0.25) is 4.79 Å². The molecule has 3 aromatic carbocycles. The summed E-state index contributed by atoms with van der Waals surface area (Å²) < 4.78 is 4.82. The molecule has 1 amide bonds. The number of amides is 1. The predicted octanol–water partition coefficient (Wildman–Crippen LogP) is 4.51. The Kier molecular flexibility index (Phi) is 8.00. The van der Waals surface area contributed by atoms with Crippen molar-refractivity contribution in [2.45, 2.75) is 6.42 Å². The Hall–Kier alpha value is -4.43. The molecule has 0 saturated carbocycles. The number of nitrogens with zero attached hydrogens (tertiary/aromatic N) is 2. The van der Waals surface area contributed by atoms with Crippen molar-refractivity contribution in [2.75, 3.05) is 34.3 Å². The highest BCUT2D eigenvalue weighted by Gasteiger charge is 2.20. The number of carbonyl (C=O) groups excluding carboxylic acids is 2. The lowest BCUT2D eigenvalue weighted by molar-refractivity contribution is 0.0600. The van der Waals surface area contributed by atoms with E-state index in [0.29, 0.717) is 45.5 Å². The molecule has 0 unspecified atom stereocenters. The molecule has 0 aliphatic rings. The van der Waals surface area contributed by atoms with Gasteiger partial charge in [-0.25, -0.2) is 9.79 Å². The number of hydrogen-bond acceptors (Lipinski definition) is 6. The average molecular weight is 499 g/mol. The van der Waals surface area contributed by atoms with Crippen LogP contribution in [0.4, 0.5) is 5.69 Å². The topological polar surface area (TPSA) is 107 Å². The molecule has 3 N–H and O–H groups in total. The van der Waals surface area contributed by atoms with E-state index in [2.05, 4.69) is 15.2 Å². The average Bonchev–Trinajstić information content (AvgIpc) is 3.24. The standard InChI is InChI=1S/C29H30N4O4/c1-33(2)16-8-15-30-27(34)20-11-7-12-22(17-20)31-26(19-9-5-4-6-10-19)25-23-14-13-21(29(36)37-3)18-24(23)32-28(25)35/h4-7,9-14,17-18,32,35H,8,15-16H2,1-3H3,(H,30,34). The zero-order valence-corrected chi connectivity index (χ0v) is 21.1. The van der Waals surface area contributed by atoms with E-state index in [-0.39, 0.29) is 11.8 Å². The Bertz CT molecular complexity index is 1440. The number of carbonyl (C=O) groups is 2. The summed E-state index contributed by atoms with van der Waals surface area (Å²) in [6, 6.07) is 21.6. The Labute approximate surface area is 215 Å². The minimum atomic E-state index is -0.466. The Morgan fingerprint density at radius 3 is 2.46 bits per heavy atom. The largest absolute Gasteiger partial charge is 0.494 e. The van der Waals surface area contributed by atoms with Crippen LogP contribution < -0.4 is 5.32 Å². The molecule has 0 atom stereocenters. The lowest BCUT2D eigenvalue weighted by atomic mass is 10.00. The van der Waals surface area contributed by atoms with Gasteiger partial charge in [-0.2, -0.15) is 0 Å². The number of ether oxygens (including phenoxy) is 1. The zero-order chi connectivity index (χ0) is 26.4. The second-order valence-electron chi connectivity index (χ2n) is 8.89. The van der Waals surface area contributed by atoms with Crippen LogP contribution in [0.15, 0.2) is 77.8 Å². The van der Waals surface area contributed by atoms with Crippen LogP contribution in [-0.2, 0) is 4.74 Å². The number of rotatable bonds is 9. The fourth-order valence-corrected chi connectivity index (χ4v) is 4.07. The number of H-pyrrole nitrogens is 1. The summed E-state index contributed by atoms with van der Waals surface area (Å²) in [4.78, 5) is 34.6. The van der Waals surface area contributed by atoms with Crippen LogP contribution >= 0.6 is 0 Å². The van der Waals surface area contributed by atoms with Crippen LogP contribution in [0.5, 0.6) is 5.88 Å². The van der Waals surface area contributed by atoms with Crippen LogP contribution in [0.3, 0.4) is 0 Å². The summed E-state index contributed by atoms with van der Waals surface area (Å²) in [5.41, 5.74) is 3.82. The lowest BCUT2D eigenvalue weighted by Gasteiger charge is -2.11. The van der Waals surface area contributed by atoms with Crippen molar-refractivity contribution >= 4 is 34.2 Å². The minimum absolute atomic E-state index is 0.0746. The number of esters is 1. The third-order valence-corrected chi connectivity index (χ3v) is 5.90. The van der Waals surface area contributed by atoms with E-state index >= 15 is 0 Å². The van der Waals surface area contributed by atoms with E-state index in [1.54, 1.807) is 36.4 Å². The summed E-state index contributed by atoms with van der Waals surface area (Å²) in [6.07, 6.45) is 0.853. The molecule has 0 saturated heterocycles. The molecule has 8 heteroatoms. The van der Waals surface area contributed by atoms with Gasteiger partial charge in [0.25, 0.3) is 5.91 Å². The number of nitrogens with one attached hydrogen (secondary N) is 2. The summed E-state index contributed by atoms with van der Waals surface area (Å²) in [5, 5.41) is 14.6. The smallest absolute Gasteiger partial charge is 0.337 e. The first kappa shape index (κ1) is 25.7. The molecule has 0 spiro atoms. The van der Waals surface area contributed by atoms with Gasteiger partial charge in [-0.1, -0.05) is 42.5 Å². The van der Waals surface area contributed by atoms with Crippen LogP contribution in [0, 0.1) is 0 Å². The van der Waals surface area contributed by atoms with Gasteiger partial charge in [0.05, 0.1) is 29.6 Å². The lowest BCUT2D eigenvalue weighted by Crippen LogP contribution is -2.27. The van der Waals surface area contributed by atoms with Gasteiger partial charge in [-0.05, 0) is 57.4 Å². The second-order valence-corrected chi connectivity index (χ2v) is 8.89. The number of aromatic hydroxyl groups is 1. The normalized spacial score (nSPS) is 11.6. The predicted molar refractivity (Wildman–Crippen MR) is 145 cm³/mol. The van der Waals surface area contributed by atoms with Crippen molar-refractivity contribution in [2.24, 2.45) is 4.99 Å². The van der Waals surface area contributed by atoms with E-state index < -0.39 is 5.97 Å². The van der Waals surface area contributed by atoms with Crippen molar-refractivity contribution in [1.82, 2.24) is 15.2 Å². The van der Waals surface area contributed by atoms with Crippen molar-refractivity contribution in [3.63, 3.8) is 0 Å². The number of aromatic nitrogens is 1. The van der Waals surface area contributed by atoms with Crippen LogP contribution in [-0.4, -0.2) is 66.9 Å². The molecule has 37 heavy (non-hydrogen) atoms. The Morgan fingerprint density at radius 2 is 1.73 bits per heavy atom. The molecule has 0 aliphatic heterocycles. The fourth-order valence-electron chi connectivity index (χ4n) is 4.07. The molecule has 0 fully saturated rings. The molecular weight excluding hydrogens is 468 g/mol. The zero-order valence-electron chi connectivity index (χ0n) is 21.1. The molecule has 190 valence electrons. The molecule has 4 rings (SSSR count). The van der Waals surface area contributed by atoms with Crippen LogP contribution in [0.25, 0.3) is 10.9 Å². The number of aromatic amines is 1. The van der Waals surface area contributed by atoms with Gasteiger partial charge in [0.15, 0.2) is 5.88 Å². The van der Waals surface area contributed by atoms with Crippen molar-refractivity contribution in [3.05, 3.63) is 95.1 Å². The number of benzene rings is 3. The maximum atomic E-state index is 12.7. The Morgan fingerprint density at radius 1 is 0.973 bits per heavy atom. The minimum Gasteiger partial charge on any atom is -0.494 e. The maximum absolute atomic E-state index is 12.7. The van der Waals surface area contributed by atoms with Gasteiger partial charge < -0.3 is 25.0 Å². The molecule has 8 nitrogen and oxygen atoms in total. The number of aliphatic imine (C=N–C) groups is 1. The summed E-state index contributed by atoms with van der Waals surface area (Å²) in [7, 11) is 5.32. The number of hydrogen-bond donors (Lipinski definition) is 3. The van der Waals surface area contributed by atoms with Crippen LogP contribution in [0.1, 0.15) is 38.3 Å². The molecule has 1 heterocycles. The van der Waals surface area contributed by atoms with E-state index in [1.807, 2.05) is 50.5 Å². The van der Waals surface area contributed by atoms with Gasteiger partial charge >= 0.3 is 5.97 Å². The van der Waals surface area contributed by atoms with Crippen LogP contribution in [0.2, 0.25) is 0 Å². The van der Waals surface area contributed by atoms with Gasteiger partial charge in [0.1, 0.15) is 0 Å². The van der Waals surface area contributed by atoms with E-state index in [0.717, 1.165) is 18.5 Å². The van der Waals surface area contributed by atoms with Crippen molar-refractivity contribution < 1.29 is 19.4 Å². The van der Waals surface area contributed by atoms with E-state index in [1.165, 1.54) is 7.11 Å². The first-order chi connectivity index (χ1) is 17.9. The summed E-state index contributed by atoms with van der Waals surface area (Å²) in [5.74, 6) is -0.706. The summed E-state index contributed by atoms with van der Waals surface area (Å²) in [6.45, 7) is 1.47. The first-order valence-electron chi connectivity index (χ1n) is 12.0. The van der Waals surface area contributed by atoms with Gasteiger partial charge in [0, 0.05) is 28.6 Å². The highest BCUT2D eigenvalue weighted by Crippen LogP contribution is 2.32. The molecule has 0 aliphatic carbocycles. The number of fused-ring (bicyclic) bond motifs is 1. The highest BCUT2D eigenvalue weighted by molar-refractivity contribution is 6.22. The molecule has 4 aromatic rings. The van der Waals surface area contributed by atoms with E-state index in [9.17, 15) is 14.7 Å². The second kappa shape index (κ2) is 11.5. The molecule has 1 aromatic heterocycles. The monoisotopic (exact) mass is 498 g/mol. The quantitative estimate of drug-likeness (QED) is 0.179. The third-order valence-electron chi connectivity index (χ3n) is 5.90. The summed E-state index contributed by atoms with van der Waals surface area (Å²) >= 11 is 0. The Balaban J connectivity index is 1.73. The van der Waals surface area contributed by atoms with E-state index in [4.69, 9.17) is 9.73 Å². The van der Waals surface area contributed by atoms with Crippen molar-refractivity contribution in [1.29, 1.82) is 0 Å². The fraction of sp³-hybridized carbons (Fsp3) is 0.207.